The van der Waals surface area contributed by atoms with Gasteiger partial charge >= 0.3 is 0 Å². The highest BCUT2D eigenvalue weighted by molar-refractivity contribution is 6.04. The van der Waals surface area contributed by atoms with Crippen LogP contribution in [-0.2, 0) is 6.54 Å². The summed E-state index contributed by atoms with van der Waals surface area (Å²) in [5, 5.41) is 8.34. The van der Waals surface area contributed by atoms with Gasteiger partial charge in [0.2, 0.25) is 0 Å². The minimum atomic E-state index is -0.358. The van der Waals surface area contributed by atoms with Crippen LogP contribution < -0.4 is 10.9 Å². The van der Waals surface area contributed by atoms with Gasteiger partial charge in [-0.05, 0) is 44.3 Å². The summed E-state index contributed by atoms with van der Waals surface area (Å²) in [5.74, 6) is -0.675. The molecule has 1 unspecified atom stereocenters. The summed E-state index contributed by atoms with van der Waals surface area (Å²) in [5.41, 5.74) is 0.810. The van der Waals surface area contributed by atoms with Crippen LogP contribution in [0.4, 0.5) is 4.39 Å². The van der Waals surface area contributed by atoms with E-state index < -0.39 is 0 Å². The monoisotopic (exact) mass is 424 g/mol. The normalized spacial score (nSPS) is 12.3. The molecule has 6 nitrogen and oxygen atoms in total. The van der Waals surface area contributed by atoms with E-state index in [1.807, 2.05) is 25.1 Å². The molecule has 0 radical (unpaired) electrons. The Bertz CT molecular complexity index is 1110. The molecule has 0 saturated heterocycles. The Morgan fingerprint density at radius 1 is 1.13 bits per heavy atom. The number of aromatic nitrogens is 2. The molecule has 0 bridgehead atoms. The lowest BCUT2D eigenvalue weighted by molar-refractivity contribution is 0.0936. The van der Waals surface area contributed by atoms with Crippen molar-refractivity contribution in [3.05, 3.63) is 76.0 Å². The average Bonchev–Trinajstić information content (AvgIpc) is 2.75. The molecule has 2 aromatic carbocycles. The zero-order valence-corrected chi connectivity index (χ0v) is 18.3. The van der Waals surface area contributed by atoms with Crippen molar-refractivity contribution in [2.24, 2.45) is 0 Å². The maximum atomic E-state index is 13.7. The molecule has 0 aliphatic carbocycles. The number of carbonyl (C=O) groups is 1. The van der Waals surface area contributed by atoms with Crippen LogP contribution in [0.1, 0.15) is 48.3 Å². The number of carbonyl (C=O) groups excluding carboxylic acids is 1. The van der Waals surface area contributed by atoms with Gasteiger partial charge in [-0.15, -0.1) is 0 Å². The summed E-state index contributed by atoms with van der Waals surface area (Å²) >= 11 is 0. The van der Waals surface area contributed by atoms with E-state index in [-0.39, 0.29) is 35.6 Å². The molecule has 3 rings (SSSR count). The average molecular weight is 425 g/mol. The Labute approximate surface area is 181 Å². The SMILES string of the molecule is CCCCCn1nc(C(=O)NCC(c2cccc(F)c2)N(C)C)c2ccccc2c1=O. The fourth-order valence-corrected chi connectivity index (χ4v) is 3.65. The smallest absolute Gasteiger partial charge is 0.274 e. The third-order valence-corrected chi connectivity index (χ3v) is 5.37. The first kappa shape index (κ1) is 22.6. The van der Waals surface area contributed by atoms with Crippen LogP contribution in [0.5, 0.6) is 0 Å². The van der Waals surface area contributed by atoms with Crippen molar-refractivity contribution in [2.45, 2.75) is 38.8 Å². The molecule has 0 saturated carbocycles. The fraction of sp³-hybridized carbons (Fsp3) is 0.375. The second-order valence-electron chi connectivity index (χ2n) is 7.87. The molecule has 1 aromatic heterocycles. The van der Waals surface area contributed by atoms with E-state index in [1.54, 1.807) is 30.3 Å². The number of hydrogen-bond acceptors (Lipinski definition) is 4. The van der Waals surface area contributed by atoms with E-state index in [9.17, 15) is 14.0 Å². The maximum absolute atomic E-state index is 13.7. The molecule has 7 heteroatoms. The molecule has 31 heavy (non-hydrogen) atoms. The van der Waals surface area contributed by atoms with Crippen LogP contribution in [-0.4, -0.2) is 41.2 Å². The number of rotatable bonds is 9. The van der Waals surface area contributed by atoms with Crippen molar-refractivity contribution >= 4 is 16.7 Å². The van der Waals surface area contributed by atoms with Gasteiger partial charge in [-0.1, -0.05) is 50.1 Å². The summed E-state index contributed by atoms with van der Waals surface area (Å²) in [6, 6.07) is 13.2. The summed E-state index contributed by atoms with van der Waals surface area (Å²) in [4.78, 5) is 27.8. The van der Waals surface area contributed by atoms with E-state index in [0.29, 0.717) is 17.3 Å². The molecule has 1 amide bonds. The predicted molar refractivity (Wildman–Crippen MR) is 121 cm³/mol. The van der Waals surface area contributed by atoms with E-state index in [4.69, 9.17) is 0 Å². The van der Waals surface area contributed by atoms with Gasteiger partial charge in [-0.25, -0.2) is 9.07 Å². The second-order valence-corrected chi connectivity index (χ2v) is 7.87. The first-order valence-electron chi connectivity index (χ1n) is 10.6. The molecular weight excluding hydrogens is 395 g/mol. The Morgan fingerprint density at radius 2 is 1.87 bits per heavy atom. The molecule has 1 atom stereocenters. The topological polar surface area (TPSA) is 67.2 Å². The number of nitrogens with zero attached hydrogens (tertiary/aromatic N) is 3. The van der Waals surface area contributed by atoms with E-state index in [0.717, 1.165) is 24.8 Å². The van der Waals surface area contributed by atoms with E-state index in [2.05, 4.69) is 17.3 Å². The molecule has 0 aliphatic heterocycles. The molecule has 1 heterocycles. The van der Waals surface area contributed by atoms with E-state index >= 15 is 0 Å². The minimum Gasteiger partial charge on any atom is -0.349 e. The van der Waals surface area contributed by atoms with Crippen molar-refractivity contribution in [1.29, 1.82) is 0 Å². The molecule has 3 aromatic rings. The highest BCUT2D eigenvalue weighted by atomic mass is 19.1. The van der Waals surface area contributed by atoms with Gasteiger partial charge in [0.15, 0.2) is 5.69 Å². The lowest BCUT2D eigenvalue weighted by Gasteiger charge is -2.25. The van der Waals surface area contributed by atoms with Gasteiger partial charge in [0, 0.05) is 18.5 Å². The lowest BCUT2D eigenvalue weighted by atomic mass is 10.1. The van der Waals surface area contributed by atoms with Crippen molar-refractivity contribution in [2.75, 3.05) is 20.6 Å². The van der Waals surface area contributed by atoms with Crippen LogP contribution in [0.3, 0.4) is 0 Å². The molecule has 0 aliphatic rings. The second kappa shape index (κ2) is 10.3. The Morgan fingerprint density at radius 3 is 2.55 bits per heavy atom. The summed E-state index contributed by atoms with van der Waals surface area (Å²) in [6.45, 7) is 2.84. The molecule has 1 N–H and O–H groups in total. The maximum Gasteiger partial charge on any atom is 0.274 e. The van der Waals surface area contributed by atoms with Crippen molar-refractivity contribution in [1.82, 2.24) is 20.0 Å². The highest BCUT2D eigenvalue weighted by Crippen LogP contribution is 2.19. The minimum absolute atomic E-state index is 0.186. The molecular formula is C24H29FN4O2. The number of fused-ring (bicyclic) bond motifs is 1. The van der Waals surface area contributed by atoms with Crippen molar-refractivity contribution < 1.29 is 9.18 Å². The fourth-order valence-electron chi connectivity index (χ4n) is 3.65. The predicted octanol–water partition coefficient (Wildman–Crippen LogP) is 3.76. The Balaban J connectivity index is 1.88. The molecule has 0 fully saturated rings. The van der Waals surface area contributed by atoms with Crippen LogP contribution in [0.15, 0.2) is 53.3 Å². The standard InChI is InChI=1S/C24H29FN4O2/c1-4-5-8-14-29-24(31)20-13-7-6-12-19(20)22(27-29)23(30)26-16-21(28(2)3)17-10-9-11-18(25)15-17/h6-7,9-13,15,21H,4-5,8,14,16H2,1-3H3,(H,26,30). The van der Waals surface area contributed by atoms with E-state index in [1.165, 1.54) is 16.8 Å². The zero-order valence-electron chi connectivity index (χ0n) is 18.3. The summed E-state index contributed by atoms with van der Waals surface area (Å²) in [6.07, 6.45) is 2.84. The number of halogens is 1. The molecule has 164 valence electrons. The Hall–Kier alpha value is -3.06. The largest absolute Gasteiger partial charge is 0.349 e. The van der Waals surface area contributed by atoms with Gasteiger partial charge in [0.05, 0.1) is 11.4 Å². The Kier molecular flexibility index (Phi) is 7.52. The van der Waals surface area contributed by atoms with Gasteiger partial charge in [-0.3, -0.25) is 9.59 Å². The van der Waals surface area contributed by atoms with Gasteiger partial charge in [0.1, 0.15) is 5.82 Å². The third kappa shape index (κ3) is 5.35. The van der Waals surface area contributed by atoms with Crippen LogP contribution in [0.25, 0.3) is 10.8 Å². The summed E-state index contributed by atoms with van der Waals surface area (Å²) < 4.78 is 15.1. The van der Waals surface area contributed by atoms with Gasteiger partial charge < -0.3 is 10.2 Å². The number of amides is 1. The third-order valence-electron chi connectivity index (χ3n) is 5.37. The quantitative estimate of drug-likeness (QED) is 0.531. The molecule has 0 spiro atoms. The van der Waals surface area contributed by atoms with Gasteiger partial charge in [0.25, 0.3) is 11.5 Å². The highest BCUT2D eigenvalue weighted by Gasteiger charge is 2.20. The van der Waals surface area contributed by atoms with Gasteiger partial charge in [-0.2, -0.15) is 5.10 Å². The number of benzene rings is 2. The van der Waals surface area contributed by atoms with Crippen LogP contribution >= 0.6 is 0 Å². The first-order chi connectivity index (χ1) is 14.9. The number of aryl methyl sites for hydroxylation is 1. The number of nitrogens with one attached hydrogen (secondary N) is 1. The van der Waals surface area contributed by atoms with Crippen LogP contribution in [0, 0.1) is 5.82 Å². The zero-order chi connectivity index (χ0) is 22.4. The number of likely N-dealkylation sites (N-methyl/N-ethyl adjacent to an activating group) is 1. The van der Waals surface area contributed by atoms with Crippen molar-refractivity contribution in [3.63, 3.8) is 0 Å². The van der Waals surface area contributed by atoms with Crippen LogP contribution in [0.2, 0.25) is 0 Å². The summed E-state index contributed by atoms with van der Waals surface area (Å²) in [7, 11) is 3.76. The number of hydrogen-bond donors (Lipinski definition) is 1. The first-order valence-corrected chi connectivity index (χ1v) is 10.6. The lowest BCUT2D eigenvalue weighted by Crippen LogP contribution is -2.36. The number of unbranched alkanes of at least 4 members (excludes halogenated alkanes) is 2. The van der Waals surface area contributed by atoms with Crippen molar-refractivity contribution in [3.8, 4) is 0 Å².